The van der Waals surface area contributed by atoms with Crippen molar-refractivity contribution in [3.63, 3.8) is 0 Å². The van der Waals surface area contributed by atoms with Crippen molar-refractivity contribution in [3.05, 3.63) is 136 Å². The first-order chi connectivity index (χ1) is 15.3. The molecule has 0 saturated heterocycles. The predicted octanol–water partition coefficient (Wildman–Crippen LogP) is 7.45. The van der Waals surface area contributed by atoms with Crippen LogP contribution in [-0.4, -0.2) is 0 Å². The zero-order chi connectivity index (χ0) is 21.0. The first-order valence-corrected chi connectivity index (χ1v) is 10.6. The van der Waals surface area contributed by atoms with E-state index >= 15 is 0 Å². The summed E-state index contributed by atoms with van der Waals surface area (Å²) in [5.74, 6) is 6.93. The van der Waals surface area contributed by atoms with Crippen molar-refractivity contribution < 1.29 is 0 Å². The van der Waals surface area contributed by atoms with Crippen LogP contribution in [0.2, 0.25) is 5.02 Å². The fourth-order valence-electron chi connectivity index (χ4n) is 3.92. The molecule has 4 aromatic carbocycles. The lowest BCUT2D eigenvalue weighted by Gasteiger charge is -2.37. The summed E-state index contributed by atoms with van der Waals surface area (Å²) in [6.45, 7) is 0. The van der Waals surface area contributed by atoms with E-state index < -0.39 is 0 Å². The second-order valence-electron chi connectivity index (χ2n) is 7.41. The van der Waals surface area contributed by atoms with Crippen LogP contribution in [0.25, 0.3) is 11.8 Å². The largest absolute Gasteiger partial charge is 0.322 e. The van der Waals surface area contributed by atoms with Crippen LogP contribution >= 0.6 is 11.6 Å². The lowest BCUT2D eigenvalue weighted by atomic mass is 9.91. The number of anilines is 1. The lowest BCUT2D eigenvalue weighted by molar-refractivity contribution is 0.873. The number of hydrogen-bond donors (Lipinski definition) is 0. The Balaban J connectivity index is 1.70. The molecule has 0 saturated carbocycles. The van der Waals surface area contributed by atoms with Gasteiger partial charge < -0.3 is 4.90 Å². The molecule has 1 aliphatic heterocycles. The molecule has 0 fully saturated rings. The van der Waals surface area contributed by atoms with Gasteiger partial charge in [-0.3, -0.25) is 0 Å². The standard InChI is InChI=1S/C29H20ClN/c30-25-18-15-22(16-19-25)17-20-28-27-14-8-7-11-24(27)21-29(23-9-3-1-4-10-23)31(28)26-12-5-2-6-13-26/h1-16,18-19,21,28H. The SMILES string of the molecule is Clc1ccc(C#CC2c3ccccc3C=C(c3ccccc3)N2c2ccccc2)cc1. The molecular formula is C29H20ClN. The van der Waals surface area contributed by atoms with Gasteiger partial charge in [-0.25, -0.2) is 0 Å². The molecule has 0 radical (unpaired) electrons. The molecule has 0 N–H and O–H groups in total. The zero-order valence-corrected chi connectivity index (χ0v) is 17.6. The average molecular weight is 418 g/mol. The Kier molecular flexibility index (Phi) is 5.31. The average Bonchev–Trinajstić information content (AvgIpc) is 2.84. The van der Waals surface area contributed by atoms with E-state index in [9.17, 15) is 0 Å². The van der Waals surface area contributed by atoms with Gasteiger partial charge in [0.1, 0.15) is 6.04 Å². The van der Waals surface area contributed by atoms with Gasteiger partial charge in [0.2, 0.25) is 0 Å². The fraction of sp³-hybridized carbons (Fsp3) is 0.0345. The molecule has 1 unspecified atom stereocenters. The van der Waals surface area contributed by atoms with Gasteiger partial charge in [-0.2, -0.15) is 0 Å². The van der Waals surface area contributed by atoms with E-state index in [2.05, 4.69) is 95.6 Å². The van der Waals surface area contributed by atoms with Crippen LogP contribution in [0.15, 0.2) is 109 Å². The van der Waals surface area contributed by atoms with Crippen molar-refractivity contribution in [2.75, 3.05) is 4.90 Å². The molecule has 1 heterocycles. The number of nitrogens with zero attached hydrogens (tertiary/aromatic N) is 1. The van der Waals surface area contributed by atoms with Crippen LogP contribution in [0.3, 0.4) is 0 Å². The second kappa shape index (κ2) is 8.56. The Morgan fingerprint density at radius 1 is 0.677 bits per heavy atom. The second-order valence-corrected chi connectivity index (χ2v) is 7.85. The van der Waals surface area contributed by atoms with E-state index in [1.54, 1.807) is 0 Å². The topological polar surface area (TPSA) is 3.24 Å². The van der Waals surface area contributed by atoms with E-state index in [1.807, 2.05) is 36.4 Å². The summed E-state index contributed by atoms with van der Waals surface area (Å²) in [7, 11) is 0. The van der Waals surface area contributed by atoms with E-state index in [0.29, 0.717) is 5.02 Å². The summed E-state index contributed by atoms with van der Waals surface area (Å²) in [5, 5.41) is 0.716. The lowest BCUT2D eigenvalue weighted by Crippen LogP contribution is -2.29. The highest BCUT2D eigenvalue weighted by Gasteiger charge is 2.29. The summed E-state index contributed by atoms with van der Waals surface area (Å²) < 4.78 is 0. The normalized spacial score (nSPS) is 14.8. The van der Waals surface area contributed by atoms with E-state index in [4.69, 9.17) is 11.6 Å². The van der Waals surface area contributed by atoms with Crippen LogP contribution in [-0.2, 0) is 0 Å². The van der Waals surface area contributed by atoms with Crippen molar-refractivity contribution in [1.82, 2.24) is 0 Å². The van der Waals surface area contributed by atoms with E-state index in [-0.39, 0.29) is 6.04 Å². The summed E-state index contributed by atoms with van der Waals surface area (Å²) in [4.78, 5) is 2.33. The molecule has 1 aliphatic rings. The highest BCUT2D eigenvalue weighted by molar-refractivity contribution is 6.30. The summed E-state index contributed by atoms with van der Waals surface area (Å²) in [6, 6.07) is 37.0. The van der Waals surface area contributed by atoms with Crippen LogP contribution in [0.5, 0.6) is 0 Å². The maximum absolute atomic E-state index is 6.05. The number of halogens is 1. The van der Waals surface area contributed by atoms with Crippen LogP contribution in [0.1, 0.15) is 28.3 Å². The highest BCUT2D eigenvalue weighted by atomic mass is 35.5. The van der Waals surface area contributed by atoms with E-state index in [1.165, 1.54) is 16.7 Å². The van der Waals surface area contributed by atoms with Gasteiger partial charge in [-0.1, -0.05) is 96.2 Å². The van der Waals surface area contributed by atoms with Crippen LogP contribution in [0.4, 0.5) is 5.69 Å². The third-order valence-electron chi connectivity index (χ3n) is 5.40. The van der Waals surface area contributed by atoms with E-state index in [0.717, 1.165) is 16.9 Å². The van der Waals surface area contributed by atoms with Crippen molar-refractivity contribution in [2.24, 2.45) is 0 Å². The van der Waals surface area contributed by atoms with Gasteiger partial charge in [0, 0.05) is 16.3 Å². The Morgan fingerprint density at radius 2 is 1.32 bits per heavy atom. The molecule has 148 valence electrons. The molecule has 0 bridgehead atoms. The molecule has 0 aliphatic carbocycles. The fourth-order valence-corrected chi connectivity index (χ4v) is 4.05. The quantitative estimate of drug-likeness (QED) is 0.306. The number of rotatable bonds is 2. The minimum atomic E-state index is -0.116. The van der Waals surface area contributed by atoms with Crippen LogP contribution < -0.4 is 4.90 Å². The summed E-state index contributed by atoms with van der Waals surface area (Å²) in [5.41, 5.74) is 6.77. The zero-order valence-electron chi connectivity index (χ0n) is 16.9. The number of fused-ring (bicyclic) bond motifs is 1. The van der Waals surface area contributed by atoms with Gasteiger partial charge in [0.05, 0.1) is 5.70 Å². The maximum atomic E-state index is 6.05. The molecule has 0 spiro atoms. The van der Waals surface area contributed by atoms with Gasteiger partial charge in [-0.15, -0.1) is 0 Å². The third kappa shape index (κ3) is 3.99. The maximum Gasteiger partial charge on any atom is 0.121 e. The monoisotopic (exact) mass is 417 g/mol. The Bertz CT molecular complexity index is 1280. The first-order valence-electron chi connectivity index (χ1n) is 10.3. The van der Waals surface area contributed by atoms with Crippen molar-refractivity contribution >= 4 is 29.1 Å². The van der Waals surface area contributed by atoms with Gasteiger partial charge in [-0.05, 0) is 59.2 Å². The Hall–Kier alpha value is -3.73. The van der Waals surface area contributed by atoms with Gasteiger partial charge in [0.15, 0.2) is 0 Å². The molecule has 4 aromatic rings. The molecule has 0 amide bonds. The molecule has 2 heteroatoms. The number of para-hydroxylation sites is 1. The van der Waals surface area contributed by atoms with Crippen molar-refractivity contribution in [3.8, 4) is 11.8 Å². The van der Waals surface area contributed by atoms with Crippen LogP contribution in [0, 0.1) is 11.8 Å². The summed E-state index contributed by atoms with van der Waals surface area (Å²) in [6.07, 6.45) is 2.26. The minimum Gasteiger partial charge on any atom is -0.322 e. The Morgan fingerprint density at radius 3 is 2.06 bits per heavy atom. The Labute approximate surface area is 188 Å². The summed E-state index contributed by atoms with van der Waals surface area (Å²) >= 11 is 6.05. The van der Waals surface area contributed by atoms with Gasteiger partial charge in [0.25, 0.3) is 0 Å². The molecule has 0 aromatic heterocycles. The third-order valence-corrected chi connectivity index (χ3v) is 5.65. The molecule has 1 atom stereocenters. The first kappa shape index (κ1) is 19.2. The van der Waals surface area contributed by atoms with Crippen molar-refractivity contribution in [2.45, 2.75) is 6.04 Å². The minimum absolute atomic E-state index is 0.116. The molecular weight excluding hydrogens is 398 g/mol. The molecule has 31 heavy (non-hydrogen) atoms. The molecule has 1 nitrogen and oxygen atoms in total. The van der Waals surface area contributed by atoms with Gasteiger partial charge >= 0.3 is 0 Å². The number of hydrogen-bond acceptors (Lipinski definition) is 1. The molecule has 5 rings (SSSR count). The number of benzene rings is 4. The highest BCUT2D eigenvalue weighted by Crippen LogP contribution is 2.41. The van der Waals surface area contributed by atoms with Crippen molar-refractivity contribution in [1.29, 1.82) is 0 Å². The smallest absolute Gasteiger partial charge is 0.121 e. The predicted molar refractivity (Wildman–Crippen MR) is 131 cm³/mol.